The van der Waals surface area contributed by atoms with E-state index >= 15 is 0 Å². The van der Waals surface area contributed by atoms with E-state index in [9.17, 15) is 14.4 Å². The van der Waals surface area contributed by atoms with Crippen LogP contribution in [0.3, 0.4) is 0 Å². The zero-order chi connectivity index (χ0) is 18.2. The number of carbonyl (C=O) groups excluding carboxylic acids is 3. The predicted molar refractivity (Wildman–Crippen MR) is 97.5 cm³/mol. The Kier molecular flexibility index (Phi) is 7.62. The number of carbonyl (C=O) groups is 3. The first-order valence-electron chi connectivity index (χ1n) is 9.02. The fraction of sp³-hybridized carbons (Fsp3) is 0.632. The number of rotatable bonds is 8. The maximum atomic E-state index is 12.4. The molecule has 0 aromatic carbocycles. The molecule has 1 aromatic rings. The van der Waals surface area contributed by atoms with Crippen LogP contribution in [0.4, 0.5) is 0 Å². The van der Waals surface area contributed by atoms with Crippen molar-refractivity contribution in [1.29, 1.82) is 0 Å². The van der Waals surface area contributed by atoms with Crippen LogP contribution in [-0.2, 0) is 20.9 Å². The molecule has 1 heterocycles. The zero-order valence-electron chi connectivity index (χ0n) is 15.0. The lowest BCUT2D eigenvalue weighted by molar-refractivity contribution is -0.146. The van der Waals surface area contributed by atoms with Gasteiger partial charge in [-0.15, -0.1) is 11.3 Å². The average molecular weight is 365 g/mol. The summed E-state index contributed by atoms with van der Waals surface area (Å²) in [5, 5.41) is 2.70. The van der Waals surface area contributed by atoms with Crippen molar-refractivity contribution in [2.75, 3.05) is 0 Å². The van der Waals surface area contributed by atoms with Crippen molar-refractivity contribution in [3.8, 4) is 0 Å². The molecule has 1 aliphatic carbocycles. The second kappa shape index (κ2) is 9.70. The first kappa shape index (κ1) is 19.6. The third-order valence-corrected chi connectivity index (χ3v) is 5.67. The van der Waals surface area contributed by atoms with Crippen molar-refractivity contribution >= 4 is 29.0 Å². The lowest BCUT2D eigenvalue weighted by Gasteiger charge is -2.21. The molecule has 25 heavy (non-hydrogen) atoms. The van der Waals surface area contributed by atoms with Crippen LogP contribution < -0.4 is 5.32 Å². The van der Waals surface area contributed by atoms with Gasteiger partial charge in [0.25, 0.3) is 0 Å². The molecule has 2 rings (SSSR count). The van der Waals surface area contributed by atoms with E-state index in [0.29, 0.717) is 23.8 Å². The third-order valence-electron chi connectivity index (χ3n) is 4.57. The minimum absolute atomic E-state index is 0.110. The van der Waals surface area contributed by atoms with E-state index in [0.717, 1.165) is 11.3 Å². The fourth-order valence-electron chi connectivity index (χ4n) is 3.12. The highest BCUT2D eigenvalue weighted by Gasteiger charge is 2.22. The van der Waals surface area contributed by atoms with Gasteiger partial charge in [0.05, 0.1) is 11.4 Å². The highest BCUT2D eigenvalue weighted by Crippen LogP contribution is 2.27. The first-order chi connectivity index (χ1) is 12.0. The second-order valence-electron chi connectivity index (χ2n) is 6.71. The third kappa shape index (κ3) is 6.61. The van der Waals surface area contributed by atoms with Crippen LogP contribution in [0.25, 0.3) is 0 Å². The van der Waals surface area contributed by atoms with E-state index in [2.05, 4.69) is 5.32 Å². The van der Waals surface area contributed by atoms with E-state index < -0.39 is 6.10 Å². The van der Waals surface area contributed by atoms with E-state index in [-0.39, 0.29) is 17.7 Å². The van der Waals surface area contributed by atoms with Crippen LogP contribution in [0.2, 0.25) is 0 Å². The van der Waals surface area contributed by atoms with Gasteiger partial charge in [-0.2, -0.15) is 0 Å². The number of amides is 1. The molecule has 138 valence electrons. The van der Waals surface area contributed by atoms with Gasteiger partial charge in [-0.25, -0.2) is 0 Å². The molecular weight excluding hydrogens is 338 g/mol. The van der Waals surface area contributed by atoms with Crippen LogP contribution in [-0.4, -0.2) is 23.8 Å². The molecule has 1 N–H and O–H groups in total. The van der Waals surface area contributed by atoms with Gasteiger partial charge in [-0.05, 0) is 31.4 Å². The van der Waals surface area contributed by atoms with Crippen molar-refractivity contribution in [2.45, 2.75) is 71.4 Å². The number of ether oxygens (including phenoxy) is 1. The summed E-state index contributed by atoms with van der Waals surface area (Å²) in [6, 6.07) is 3.53. The Morgan fingerprint density at radius 3 is 2.64 bits per heavy atom. The Morgan fingerprint density at radius 2 is 1.96 bits per heavy atom. The van der Waals surface area contributed by atoms with Crippen LogP contribution in [0, 0.1) is 5.92 Å². The largest absolute Gasteiger partial charge is 0.454 e. The highest BCUT2D eigenvalue weighted by molar-refractivity contribution is 7.14. The zero-order valence-corrected chi connectivity index (χ0v) is 15.8. The van der Waals surface area contributed by atoms with Gasteiger partial charge in [0.1, 0.15) is 0 Å². The molecule has 1 atom stereocenters. The van der Waals surface area contributed by atoms with Gasteiger partial charge in [0.15, 0.2) is 6.10 Å². The second-order valence-corrected chi connectivity index (χ2v) is 7.88. The number of thiophene rings is 1. The van der Waals surface area contributed by atoms with Crippen LogP contribution in [0.1, 0.15) is 73.3 Å². The quantitative estimate of drug-likeness (QED) is 0.561. The molecule has 0 bridgehead atoms. The average Bonchev–Trinajstić information content (AvgIpc) is 3.07. The summed E-state index contributed by atoms with van der Waals surface area (Å²) in [4.78, 5) is 36.8. The molecule has 0 radical (unpaired) electrons. The summed E-state index contributed by atoms with van der Waals surface area (Å²) in [5.41, 5.74) is 0. The minimum Gasteiger partial charge on any atom is -0.454 e. The first-order valence-corrected chi connectivity index (χ1v) is 9.84. The number of Topliss-reactive ketones (excluding diaryl/α,β-unsaturated/α-hetero) is 1. The summed E-state index contributed by atoms with van der Waals surface area (Å²) in [5.74, 6) is 0.0361. The summed E-state index contributed by atoms with van der Waals surface area (Å²) >= 11 is 1.32. The van der Waals surface area contributed by atoms with E-state index in [1.54, 1.807) is 13.0 Å². The number of hydrogen-bond donors (Lipinski definition) is 1. The standard InChI is InChI=1S/C19H27NO4S/c1-13(24-18(22)11-8-15-6-4-3-5-7-15)19(23)17-10-9-16(25-17)12-20-14(2)21/h9-10,13,15H,3-8,11-12H2,1-2H3,(H,20,21). The van der Waals surface area contributed by atoms with E-state index in [1.807, 2.05) is 6.07 Å². The van der Waals surface area contributed by atoms with Gasteiger partial charge in [-0.1, -0.05) is 32.1 Å². The molecule has 5 nitrogen and oxygen atoms in total. The summed E-state index contributed by atoms with van der Waals surface area (Å²) in [7, 11) is 0. The van der Waals surface area contributed by atoms with Gasteiger partial charge in [-0.3, -0.25) is 14.4 Å². The van der Waals surface area contributed by atoms with Gasteiger partial charge >= 0.3 is 5.97 Å². The summed E-state index contributed by atoms with van der Waals surface area (Å²) < 4.78 is 5.31. The lowest BCUT2D eigenvalue weighted by atomic mass is 9.86. The van der Waals surface area contributed by atoms with E-state index in [4.69, 9.17) is 4.74 Å². The number of esters is 1. The Balaban J connectivity index is 1.76. The van der Waals surface area contributed by atoms with Crippen LogP contribution >= 0.6 is 11.3 Å². The molecule has 1 aliphatic rings. The molecule has 0 spiro atoms. The predicted octanol–water partition coefficient (Wildman–Crippen LogP) is 3.86. The van der Waals surface area contributed by atoms with E-state index in [1.165, 1.54) is 50.4 Å². The number of hydrogen-bond acceptors (Lipinski definition) is 5. The van der Waals surface area contributed by atoms with Gasteiger partial charge < -0.3 is 10.1 Å². The van der Waals surface area contributed by atoms with Crippen molar-refractivity contribution in [3.63, 3.8) is 0 Å². The molecule has 1 amide bonds. The Labute approximate surface area is 153 Å². The summed E-state index contributed by atoms with van der Waals surface area (Å²) in [6.07, 6.45) is 6.70. The SMILES string of the molecule is CC(=O)NCc1ccc(C(=O)C(C)OC(=O)CCC2CCCCC2)s1. The monoisotopic (exact) mass is 365 g/mol. The normalized spacial score (nSPS) is 16.2. The van der Waals surface area contributed by atoms with Crippen molar-refractivity contribution < 1.29 is 19.1 Å². The van der Waals surface area contributed by atoms with Crippen molar-refractivity contribution in [2.24, 2.45) is 5.92 Å². The molecule has 1 aromatic heterocycles. The molecule has 0 saturated heterocycles. The van der Waals surface area contributed by atoms with Crippen molar-refractivity contribution in [1.82, 2.24) is 5.32 Å². The smallest absolute Gasteiger partial charge is 0.306 e. The molecule has 1 fully saturated rings. The lowest BCUT2D eigenvalue weighted by Crippen LogP contribution is -2.24. The highest BCUT2D eigenvalue weighted by atomic mass is 32.1. The van der Waals surface area contributed by atoms with Gasteiger partial charge in [0.2, 0.25) is 11.7 Å². The molecular formula is C19H27NO4S. The molecule has 1 saturated carbocycles. The Bertz CT molecular complexity index is 604. The topological polar surface area (TPSA) is 72.5 Å². The maximum Gasteiger partial charge on any atom is 0.306 e. The maximum absolute atomic E-state index is 12.4. The van der Waals surface area contributed by atoms with Gasteiger partial charge in [0, 0.05) is 18.2 Å². The Morgan fingerprint density at radius 1 is 1.24 bits per heavy atom. The molecule has 6 heteroatoms. The number of nitrogens with one attached hydrogen (secondary N) is 1. The fourth-order valence-corrected chi connectivity index (χ4v) is 4.09. The number of ketones is 1. The Hall–Kier alpha value is -1.69. The minimum atomic E-state index is -0.772. The molecule has 0 aliphatic heterocycles. The van der Waals surface area contributed by atoms with Crippen LogP contribution in [0.5, 0.6) is 0 Å². The van der Waals surface area contributed by atoms with Crippen molar-refractivity contribution in [3.05, 3.63) is 21.9 Å². The van der Waals surface area contributed by atoms with Crippen LogP contribution in [0.15, 0.2) is 12.1 Å². The molecule has 1 unspecified atom stereocenters. The summed E-state index contributed by atoms with van der Waals surface area (Å²) in [6.45, 7) is 3.48.